The molecule has 2 aromatic rings. The number of anilines is 1. The highest BCUT2D eigenvalue weighted by molar-refractivity contribution is 7.89. The minimum Gasteiger partial charge on any atom is -0.389 e. The molecule has 2 N–H and O–H groups in total. The van der Waals surface area contributed by atoms with E-state index in [1.807, 2.05) is 4.90 Å². The molecule has 0 spiro atoms. The van der Waals surface area contributed by atoms with E-state index in [1.54, 1.807) is 24.3 Å². The second-order valence-electron chi connectivity index (χ2n) is 8.24. The molecule has 7 nitrogen and oxygen atoms in total. The molecule has 11 heteroatoms. The van der Waals surface area contributed by atoms with E-state index in [0.717, 1.165) is 12.1 Å². The molecule has 0 amide bonds. The van der Waals surface area contributed by atoms with Gasteiger partial charge < -0.3 is 14.7 Å². The summed E-state index contributed by atoms with van der Waals surface area (Å²) in [6.07, 6.45) is -5.95. The number of ether oxygens (including phenoxy) is 1. The molecule has 2 heterocycles. The Morgan fingerprint density at radius 2 is 1.73 bits per heavy atom. The maximum atomic E-state index is 13.0. The van der Waals surface area contributed by atoms with Gasteiger partial charge in [0.2, 0.25) is 10.0 Å². The number of piperazine rings is 1. The Kier molecular flexibility index (Phi) is 6.96. The number of benzene rings is 2. The van der Waals surface area contributed by atoms with Crippen LogP contribution in [0.2, 0.25) is 0 Å². The van der Waals surface area contributed by atoms with E-state index in [2.05, 4.69) is 9.62 Å². The number of nitrogens with one attached hydrogen (secondary N) is 1. The van der Waals surface area contributed by atoms with E-state index in [1.165, 1.54) is 18.2 Å². The topological polar surface area (TPSA) is 82.1 Å². The van der Waals surface area contributed by atoms with Gasteiger partial charge in [-0.05, 0) is 30.3 Å². The quantitative estimate of drug-likeness (QED) is 0.651. The van der Waals surface area contributed by atoms with Crippen LogP contribution in [0.3, 0.4) is 0 Å². The minimum absolute atomic E-state index is 0.0576. The third-order valence-corrected chi connectivity index (χ3v) is 7.50. The van der Waals surface area contributed by atoms with Gasteiger partial charge in [-0.1, -0.05) is 24.3 Å². The number of halogens is 3. The highest BCUT2D eigenvalue weighted by Gasteiger charge is 2.39. The monoisotopic (exact) mass is 485 g/mol. The van der Waals surface area contributed by atoms with Crippen molar-refractivity contribution in [3.05, 3.63) is 60.2 Å². The maximum Gasteiger partial charge on any atom is 0.416 e. The van der Waals surface area contributed by atoms with E-state index in [-0.39, 0.29) is 11.5 Å². The summed E-state index contributed by atoms with van der Waals surface area (Å²) >= 11 is 0. The van der Waals surface area contributed by atoms with E-state index in [9.17, 15) is 26.7 Å². The highest BCUT2D eigenvalue weighted by Crippen LogP contribution is 2.32. The fraction of sp³-hybridized carbons (Fsp3) is 0.455. The van der Waals surface area contributed by atoms with Gasteiger partial charge in [0.15, 0.2) is 0 Å². The predicted octanol–water partition coefficient (Wildman–Crippen LogP) is 1.93. The van der Waals surface area contributed by atoms with Crippen LogP contribution in [0.1, 0.15) is 5.56 Å². The summed E-state index contributed by atoms with van der Waals surface area (Å²) in [4.78, 5) is 4.08. The molecule has 2 aromatic carbocycles. The number of aliphatic hydroxyl groups is 1. The van der Waals surface area contributed by atoms with Gasteiger partial charge in [0.05, 0.1) is 35.3 Å². The molecule has 2 aliphatic heterocycles. The van der Waals surface area contributed by atoms with Crippen molar-refractivity contribution in [2.45, 2.75) is 29.3 Å². The second-order valence-corrected chi connectivity index (χ2v) is 9.95. The number of aliphatic hydroxyl groups excluding tert-OH is 1. The first-order valence-electron chi connectivity index (χ1n) is 10.6. The van der Waals surface area contributed by atoms with Crippen molar-refractivity contribution < 1.29 is 31.4 Å². The van der Waals surface area contributed by atoms with Crippen LogP contribution in [0.5, 0.6) is 0 Å². The normalized spacial score (nSPS) is 24.8. The molecule has 2 saturated heterocycles. The average Bonchev–Trinajstić information content (AvgIpc) is 3.13. The van der Waals surface area contributed by atoms with Crippen LogP contribution in [0, 0.1) is 0 Å². The zero-order chi connectivity index (χ0) is 23.6. The van der Waals surface area contributed by atoms with Crippen molar-refractivity contribution in [1.29, 1.82) is 0 Å². The zero-order valence-electron chi connectivity index (χ0n) is 17.8. The molecular weight excluding hydrogens is 459 g/mol. The molecule has 0 bridgehead atoms. The lowest BCUT2D eigenvalue weighted by Gasteiger charge is -2.37. The largest absolute Gasteiger partial charge is 0.416 e. The summed E-state index contributed by atoms with van der Waals surface area (Å²) in [5.41, 5.74) is -0.147. The van der Waals surface area contributed by atoms with Gasteiger partial charge in [-0.15, -0.1) is 0 Å². The number of nitrogens with zero attached hydrogens (tertiary/aromatic N) is 2. The number of rotatable bonds is 6. The smallest absolute Gasteiger partial charge is 0.389 e. The molecule has 0 aromatic heterocycles. The molecule has 33 heavy (non-hydrogen) atoms. The SMILES string of the molecule is O=S(=O)(NC1COC(CN2CCN(c3cccc(C(F)(F)F)c3)CC2)C1O)c1ccccc1. The van der Waals surface area contributed by atoms with Gasteiger partial charge in [-0.3, -0.25) is 4.90 Å². The molecule has 2 aliphatic rings. The van der Waals surface area contributed by atoms with Gasteiger partial charge in [0.1, 0.15) is 0 Å². The Hall–Kier alpha value is -2.18. The first kappa shape index (κ1) is 24.0. The lowest BCUT2D eigenvalue weighted by molar-refractivity contribution is -0.137. The van der Waals surface area contributed by atoms with E-state index < -0.39 is 40.0 Å². The predicted molar refractivity (Wildman–Crippen MR) is 116 cm³/mol. The summed E-state index contributed by atoms with van der Waals surface area (Å²) in [7, 11) is -3.78. The Bertz CT molecular complexity index is 1040. The summed E-state index contributed by atoms with van der Waals surface area (Å²) in [6, 6.07) is 12.4. The Morgan fingerprint density at radius 3 is 2.39 bits per heavy atom. The Balaban J connectivity index is 1.30. The fourth-order valence-electron chi connectivity index (χ4n) is 4.14. The van der Waals surface area contributed by atoms with Gasteiger partial charge in [0.25, 0.3) is 0 Å². The van der Waals surface area contributed by atoms with Crippen LogP contribution in [0.25, 0.3) is 0 Å². The van der Waals surface area contributed by atoms with Crippen LogP contribution >= 0.6 is 0 Å². The molecule has 3 atom stereocenters. The van der Waals surface area contributed by atoms with E-state index in [0.29, 0.717) is 38.4 Å². The maximum absolute atomic E-state index is 13.0. The summed E-state index contributed by atoms with van der Waals surface area (Å²) in [5.74, 6) is 0. The van der Waals surface area contributed by atoms with Crippen LogP contribution in [0.15, 0.2) is 59.5 Å². The minimum atomic E-state index is -4.38. The average molecular weight is 486 g/mol. The highest BCUT2D eigenvalue weighted by atomic mass is 32.2. The number of hydrogen-bond acceptors (Lipinski definition) is 6. The number of alkyl halides is 3. The molecule has 4 rings (SSSR count). The van der Waals surface area contributed by atoms with E-state index in [4.69, 9.17) is 4.74 Å². The van der Waals surface area contributed by atoms with E-state index >= 15 is 0 Å². The van der Waals surface area contributed by atoms with Crippen molar-refractivity contribution in [3.63, 3.8) is 0 Å². The first-order chi connectivity index (χ1) is 15.6. The van der Waals surface area contributed by atoms with Crippen molar-refractivity contribution >= 4 is 15.7 Å². The Morgan fingerprint density at radius 1 is 1.03 bits per heavy atom. The summed E-state index contributed by atoms with van der Waals surface area (Å²) in [5, 5.41) is 10.6. The van der Waals surface area contributed by atoms with Gasteiger partial charge in [-0.25, -0.2) is 13.1 Å². The Labute approximate surface area is 190 Å². The van der Waals surface area contributed by atoms with Gasteiger partial charge in [0, 0.05) is 38.4 Å². The molecule has 3 unspecified atom stereocenters. The molecule has 0 radical (unpaired) electrons. The second kappa shape index (κ2) is 9.59. The van der Waals surface area contributed by atoms with Crippen molar-refractivity contribution in [1.82, 2.24) is 9.62 Å². The molecule has 180 valence electrons. The lowest BCUT2D eigenvalue weighted by atomic mass is 10.1. The molecular formula is C22H26F3N3O4S. The standard InChI is InChI=1S/C22H26F3N3O4S/c23-22(24,25)16-5-4-6-17(13-16)28-11-9-27(10-12-28)14-20-21(29)19(15-32-20)26-33(30,31)18-7-2-1-3-8-18/h1-8,13,19-21,26,29H,9-12,14-15H2. The lowest BCUT2D eigenvalue weighted by Crippen LogP contribution is -2.51. The molecule has 2 fully saturated rings. The molecule has 0 saturated carbocycles. The first-order valence-corrected chi connectivity index (χ1v) is 12.1. The zero-order valence-corrected chi connectivity index (χ0v) is 18.6. The van der Waals surface area contributed by atoms with Crippen LogP contribution < -0.4 is 9.62 Å². The van der Waals surface area contributed by atoms with Crippen LogP contribution in [-0.4, -0.2) is 76.0 Å². The van der Waals surface area contributed by atoms with Crippen LogP contribution in [0.4, 0.5) is 18.9 Å². The van der Waals surface area contributed by atoms with Crippen molar-refractivity contribution in [2.75, 3.05) is 44.2 Å². The fourth-order valence-corrected chi connectivity index (χ4v) is 5.39. The molecule has 0 aliphatic carbocycles. The van der Waals surface area contributed by atoms with Gasteiger partial charge in [-0.2, -0.15) is 13.2 Å². The number of hydrogen-bond donors (Lipinski definition) is 2. The summed E-state index contributed by atoms with van der Waals surface area (Å²) < 4.78 is 72.2. The van der Waals surface area contributed by atoms with Crippen molar-refractivity contribution in [2.24, 2.45) is 0 Å². The van der Waals surface area contributed by atoms with Gasteiger partial charge >= 0.3 is 6.18 Å². The third-order valence-electron chi connectivity index (χ3n) is 5.99. The summed E-state index contributed by atoms with van der Waals surface area (Å²) in [6.45, 7) is 2.71. The number of sulfonamides is 1. The van der Waals surface area contributed by atoms with Crippen LogP contribution in [-0.2, 0) is 20.9 Å². The van der Waals surface area contributed by atoms with Crippen molar-refractivity contribution in [3.8, 4) is 0 Å². The third kappa shape index (κ3) is 5.67.